The van der Waals surface area contributed by atoms with Gasteiger partial charge >= 0.3 is 5.97 Å². The summed E-state index contributed by atoms with van der Waals surface area (Å²) < 4.78 is 1.60. The highest BCUT2D eigenvalue weighted by Gasteiger charge is 2.25. The van der Waals surface area contributed by atoms with Crippen LogP contribution in [0.1, 0.15) is 37.0 Å². The van der Waals surface area contributed by atoms with Crippen LogP contribution in [0.25, 0.3) is 27.1 Å². The van der Waals surface area contributed by atoms with Gasteiger partial charge in [0, 0.05) is 29.9 Å². The second-order valence-corrected chi connectivity index (χ2v) is 7.65. The van der Waals surface area contributed by atoms with Crippen LogP contribution in [0, 0.1) is 12.5 Å². The van der Waals surface area contributed by atoms with Crippen LogP contribution in [0.4, 0.5) is 11.4 Å². The summed E-state index contributed by atoms with van der Waals surface area (Å²) in [7, 11) is 1.69. The lowest BCUT2D eigenvalue weighted by Crippen LogP contribution is -2.17. The molecule has 0 saturated carbocycles. The van der Waals surface area contributed by atoms with Crippen molar-refractivity contribution in [1.29, 1.82) is 0 Å². The normalized spacial score (nSPS) is 10.7. The molecule has 3 aromatic rings. The summed E-state index contributed by atoms with van der Waals surface area (Å²) in [5, 5.41) is 12.7. The number of carbonyl (C=O) groups is 2. The van der Waals surface area contributed by atoms with Gasteiger partial charge in [0.25, 0.3) is 0 Å². The molecule has 0 bridgehead atoms. The first kappa shape index (κ1) is 21.8. The van der Waals surface area contributed by atoms with E-state index in [0.717, 1.165) is 16.8 Å². The van der Waals surface area contributed by atoms with Gasteiger partial charge in [-0.2, -0.15) is 0 Å². The van der Waals surface area contributed by atoms with Crippen LogP contribution in [-0.2, 0) is 18.3 Å². The third-order valence-corrected chi connectivity index (χ3v) is 5.30. The maximum atomic E-state index is 12.0. The summed E-state index contributed by atoms with van der Waals surface area (Å²) in [6.07, 6.45) is 0.571. The molecule has 31 heavy (non-hydrogen) atoms. The maximum absolute atomic E-state index is 12.0. The largest absolute Gasteiger partial charge is 0.477 e. The Balaban J connectivity index is 2.02. The zero-order chi connectivity index (χ0) is 22.7. The van der Waals surface area contributed by atoms with Gasteiger partial charge in [0.1, 0.15) is 5.69 Å². The van der Waals surface area contributed by atoms with Gasteiger partial charge in [-0.15, -0.1) is 0 Å². The monoisotopic (exact) mass is 415 g/mol. The van der Waals surface area contributed by atoms with Crippen molar-refractivity contribution in [3.05, 3.63) is 71.3 Å². The van der Waals surface area contributed by atoms with E-state index >= 15 is 0 Å². The molecule has 3 rings (SSSR count). The highest BCUT2D eigenvalue weighted by molar-refractivity contribution is 6.01. The zero-order valence-electron chi connectivity index (χ0n) is 18.1. The highest BCUT2D eigenvalue weighted by Crippen LogP contribution is 2.40. The smallest absolute Gasteiger partial charge is 0.351 e. The number of rotatable bonds is 6. The zero-order valence-corrected chi connectivity index (χ0v) is 18.1. The fraction of sp³-hybridized carbons (Fsp3) is 0.240. The standard InChI is InChI=1S/C25H25N3O3/c1-6-20-22(26-4)21(23(25(30)31)28(20)5)17-12-10-16(11-13-17)18-8-7-9-19(14-18)27-24(29)15(2)3/h7-15H,6H2,1-3,5H3,(H,27,29)(H,30,31). The molecule has 1 heterocycles. The molecule has 1 amide bonds. The number of amides is 1. The molecule has 2 aromatic carbocycles. The van der Waals surface area contributed by atoms with Gasteiger partial charge in [-0.05, 0) is 35.2 Å². The second kappa shape index (κ2) is 8.88. The van der Waals surface area contributed by atoms with E-state index in [-0.39, 0.29) is 17.5 Å². The van der Waals surface area contributed by atoms with Crippen LogP contribution >= 0.6 is 0 Å². The van der Waals surface area contributed by atoms with E-state index in [1.54, 1.807) is 11.6 Å². The number of carbonyl (C=O) groups excluding carboxylic acids is 1. The van der Waals surface area contributed by atoms with Crippen molar-refractivity contribution in [3.63, 3.8) is 0 Å². The van der Waals surface area contributed by atoms with E-state index in [2.05, 4.69) is 10.2 Å². The number of aromatic carboxylic acids is 1. The van der Waals surface area contributed by atoms with Crippen LogP contribution < -0.4 is 5.32 Å². The first-order valence-corrected chi connectivity index (χ1v) is 10.1. The van der Waals surface area contributed by atoms with Gasteiger partial charge in [-0.1, -0.05) is 57.2 Å². The first-order chi connectivity index (χ1) is 14.8. The molecule has 0 aliphatic carbocycles. The minimum Gasteiger partial charge on any atom is -0.477 e. The van der Waals surface area contributed by atoms with Crippen molar-refractivity contribution in [2.75, 3.05) is 5.32 Å². The molecule has 2 N–H and O–H groups in total. The molecule has 0 aliphatic rings. The Hall–Kier alpha value is -3.85. The first-order valence-electron chi connectivity index (χ1n) is 10.1. The number of nitrogens with zero attached hydrogens (tertiary/aromatic N) is 2. The lowest BCUT2D eigenvalue weighted by atomic mass is 9.98. The summed E-state index contributed by atoms with van der Waals surface area (Å²) in [6.45, 7) is 13.2. The number of benzene rings is 2. The number of carboxylic acid groups (broad SMARTS) is 1. The molecule has 0 radical (unpaired) electrons. The minimum absolute atomic E-state index is 0.0452. The van der Waals surface area contributed by atoms with Crippen LogP contribution in [0.3, 0.4) is 0 Å². The van der Waals surface area contributed by atoms with Gasteiger partial charge in [-0.3, -0.25) is 4.79 Å². The van der Waals surface area contributed by atoms with E-state index in [0.29, 0.717) is 28.9 Å². The third-order valence-electron chi connectivity index (χ3n) is 5.30. The quantitative estimate of drug-likeness (QED) is 0.502. The van der Waals surface area contributed by atoms with E-state index in [1.165, 1.54) is 0 Å². The summed E-state index contributed by atoms with van der Waals surface area (Å²) in [5.74, 6) is -1.21. The van der Waals surface area contributed by atoms with Crippen LogP contribution in [0.5, 0.6) is 0 Å². The Morgan fingerprint density at radius 2 is 1.74 bits per heavy atom. The van der Waals surface area contributed by atoms with Crippen LogP contribution in [-0.4, -0.2) is 21.6 Å². The average Bonchev–Trinajstić information content (AvgIpc) is 3.05. The molecule has 0 unspecified atom stereocenters. The molecular formula is C25H25N3O3. The predicted molar refractivity (Wildman–Crippen MR) is 122 cm³/mol. The van der Waals surface area contributed by atoms with E-state index < -0.39 is 5.97 Å². The topological polar surface area (TPSA) is 75.7 Å². The molecule has 0 spiro atoms. The molecule has 0 saturated heterocycles. The maximum Gasteiger partial charge on any atom is 0.351 e. The molecular weight excluding hydrogens is 390 g/mol. The lowest BCUT2D eigenvalue weighted by molar-refractivity contribution is -0.118. The fourth-order valence-electron chi connectivity index (χ4n) is 3.66. The number of nitrogens with one attached hydrogen (secondary N) is 1. The average molecular weight is 415 g/mol. The Morgan fingerprint density at radius 3 is 2.29 bits per heavy atom. The Bertz CT molecular complexity index is 1180. The Morgan fingerprint density at radius 1 is 1.10 bits per heavy atom. The van der Waals surface area contributed by atoms with Crippen LogP contribution in [0.2, 0.25) is 0 Å². The highest BCUT2D eigenvalue weighted by atomic mass is 16.4. The van der Waals surface area contributed by atoms with E-state index in [1.807, 2.05) is 69.3 Å². The molecule has 6 nitrogen and oxygen atoms in total. The van der Waals surface area contributed by atoms with Crippen molar-refractivity contribution >= 4 is 23.3 Å². The van der Waals surface area contributed by atoms with Gasteiger partial charge in [0.15, 0.2) is 0 Å². The van der Waals surface area contributed by atoms with Gasteiger partial charge < -0.3 is 15.0 Å². The number of hydrogen-bond acceptors (Lipinski definition) is 2. The molecule has 0 fully saturated rings. The van der Waals surface area contributed by atoms with Gasteiger partial charge in [-0.25, -0.2) is 9.64 Å². The van der Waals surface area contributed by atoms with Crippen molar-refractivity contribution in [1.82, 2.24) is 4.57 Å². The third kappa shape index (κ3) is 4.22. The van der Waals surface area contributed by atoms with Gasteiger partial charge in [0.05, 0.1) is 6.57 Å². The number of carboxylic acids is 1. The Kier molecular flexibility index (Phi) is 6.26. The van der Waals surface area contributed by atoms with Crippen molar-refractivity contribution in [3.8, 4) is 22.3 Å². The molecule has 158 valence electrons. The fourth-order valence-corrected chi connectivity index (χ4v) is 3.66. The molecule has 6 heteroatoms. The van der Waals surface area contributed by atoms with E-state index in [4.69, 9.17) is 6.57 Å². The minimum atomic E-state index is -1.06. The summed E-state index contributed by atoms with van der Waals surface area (Å²) >= 11 is 0. The SMILES string of the molecule is [C-]#[N+]c1c(-c2ccc(-c3cccc(NC(=O)C(C)C)c3)cc2)c(C(=O)O)n(C)c1CC. The number of anilines is 1. The summed E-state index contributed by atoms with van der Waals surface area (Å²) in [4.78, 5) is 27.5. The van der Waals surface area contributed by atoms with Crippen molar-refractivity contribution in [2.24, 2.45) is 13.0 Å². The summed E-state index contributed by atoms with van der Waals surface area (Å²) in [6, 6.07) is 15.0. The lowest BCUT2D eigenvalue weighted by Gasteiger charge is -2.10. The Labute approximate surface area is 182 Å². The number of aromatic nitrogens is 1. The van der Waals surface area contributed by atoms with Crippen LogP contribution in [0.15, 0.2) is 48.5 Å². The van der Waals surface area contributed by atoms with Crippen molar-refractivity contribution < 1.29 is 14.7 Å². The predicted octanol–water partition coefficient (Wildman–Crippen LogP) is 5.76. The van der Waals surface area contributed by atoms with Crippen molar-refractivity contribution in [2.45, 2.75) is 27.2 Å². The summed E-state index contributed by atoms with van der Waals surface area (Å²) in [5.41, 5.74) is 4.93. The molecule has 0 atom stereocenters. The number of hydrogen-bond donors (Lipinski definition) is 2. The van der Waals surface area contributed by atoms with E-state index in [9.17, 15) is 14.7 Å². The molecule has 1 aromatic heterocycles. The molecule has 0 aliphatic heterocycles. The van der Waals surface area contributed by atoms with Gasteiger partial charge in [0.2, 0.25) is 11.6 Å². The second-order valence-electron chi connectivity index (χ2n) is 7.65.